The van der Waals surface area contributed by atoms with Gasteiger partial charge in [-0.05, 0) is 57.7 Å². The molecule has 2 aliphatic heterocycles. The summed E-state index contributed by atoms with van der Waals surface area (Å²) in [7, 11) is 2.19. The summed E-state index contributed by atoms with van der Waals surface area (Å²) >= 11 is 0. The molecule has 2 fully saturated rings. The number of carbonyl (C=O) groups is 1. The van der Waals surface area contributed by atoms with Crippen molar-refractivity contribution in [1.29, 1.82) is 0 Å². The van der Waals surface area contributed by atoms with Crippen LogP contribution in [0.5, 0.6) is 0 Å². The second-order valence-electron chi connectivity index (χ2n) is 7.39. The van der Waals surface area contributed by atoms with Gasteiger partial charge in [-0.1, -0.05) is 27.2 Å². The molecule has 0 aliphatic carbocycles. The highest BCUT2D eigenvalue weighted by Crippen LogP contribution is 2.24. The van der Waals surface area contributed by atoms with Crippen LogP contribution in [0.1, 0.15) is 52.9 Å². The van der Waals surface area contributed by atoms with Gasteiger partial charge in [-0.15, -0.1) is 0 Å². The first kappa shape index (κ1) is 16.8. The molecule has 0 aromatic carbocycles. The van der Waals surface area contributed by atoms with Crippen molar-refractivity contribution in [3.8, 4) is 0 Å². The molecule has 0 saturated carbocycles. The van der Waals surface area contributed by atoms with Crippen LogP contribution in [0.25, 0.3) is 0 Å². The molecule has 4 nitrogen and oxygen atoms in total. The van der Waals surface area contributed by atoms with E-state index in [1.54, 1.807) is 0 Å². The van der Waals surface area contributed by atoms with Crippen LogP contribution in [0.15, 0.2) is 0 Å². The number of hydrogen-bond acceptors (Lipinski definition) is 3. The summed E-state index contributed by atoms with van der Waals surface area (Å²) in [4.78, 5) is 17.3. The van der Waals surface area contributed by atoms with Crippen molar-refractivity contribution in [2.75, 3.05) is 26.7 Å². The molecule has 1 N–H and O–H groups in total. The summed E-state index contributed by atoms with van der Waals surface area (Å²) in [6, 6.07) is 0.0489. The number of nitrogens with zero attached hydrogens (tertiary/aromatic N) is 2. The monoisotopic (exact) mass is 295 g/mol. The van der Waals surface area contributed by atoms with Crippen molar-refractivity contribution in [3.05, 3.63) is 0 Å². The largest absolute Gasteiger partial charge is 0.326 e. The summed E-state index contributed by atoms with van der Waals surface area (Å²) in [6.07, 6.45) is 5.90. The van der Waals surface area contributed by atoms with Crippen molar-refractivity contribution >= 4 is 5.91 Å². The summed E-state index contributed by atoms with van der Waals surface area (Å²) in [5.41, 5.74) is 0. The van der Waals surface area contributed by atoms with E-state index in [9.17, 15) is 4.79 Å². The maximum atomic E-state index is 12.7. The summed E-state index contributed by atoms with van der Waals surface area (Å²) < 4.78 is 0. The number of carbonyl (C=O) groups excluding carboxylic acids is 1. The Labute approximate surface area is 130 Å². The van der Waals surface area contributed by atoms with E-state index < -0.39 is 0 Å². The minimum absolute atomic E-state index is 0.0489. The molecule has 0 spiro atoms. The van der Waals surface area contributed by atoms with Gasteiger partial charge < -0.3 is 9.80 Å². The van der Waals surface area contributed by atoms with E-state index in [-0.39, 0.29) is 12.2 Å². The van der Waals surface area contributed by atoms with Gasteiger partial charge in [0.2, 0.25) is 5.91 Å². The van der Waals surface area contributed by atoms with Crippen LogP contribution in [0.2, 0.25) is 0 Å². The molecular weight excluding hydrogens is 262 g/mol. The summed E-state index contributed by atoms with van der Waals surface area (Å²) in [5, 5.41) is 3.59. The lowest BCUT2D eigenvalue weighted by molar-refractivity contribution is -0.131. The predicted octanol–water partition coefficient (Wildman–Crippen LogP) is 2.30. The topological polar surface area (TPSA) is 35.6 Å². The second kappa shape index (κ2) is 7.59. The first-order chi connectivity index (χ1) is 10.0. The van der Waals surface area contributed by atoms with E-state index in [1.807, 2.05) is 0 Å². The Morgan fingerprint density at radius 2 is 1.95 bits per heavy atom. The first-order valence-corrected chi connectivity index (χ1v) is 8.76. The van der Waals surface area contributed by atoms with Gasteiger partial charge in [0.25, 0.3) is 0 Å². The maximum Gasteiger partial charge on any atom is 0.241 e. The highest BCUT2D eigenvalue weighted by molar-refractivity contribution is 5.84. The Bertz CT molecular complexity index is 337. The lowest BCUT2D eigenvalue weighted by Crippen LogP contribution is -2.43. The van der Waals surface area contributed by atoms with Crippen LogP contribution in [-0.2, 0) is 4.79 Å². The highest BCUT2D eigenvalue weighted by atomic mass is 16.2. The smallest absolute Gasteiger partial charge is 0.241 e. The van der Waals surface area contributed by atoms with E-state index in [1.165, 1.54) is 25.9 Å². The van der Waals surface area contributed by atoms with Crippen LogP contribution in [-0.4, -0.2) is 54.6 Å². The molecule has 2 unspecified atom stereocenters. The van der Waals surface area contributed by atoms with Gasteiger partial charge >= 0.3 is 0 Å². The van der Waals surface area contributed by atoms with E-state index in [2.05, 4.69) is 42.9 Å². The van der Waals surface area contributed by atoms with E-state index in [0.717, 1.165) is 25.8 Å². The SMILES string of the molecule is CCCC1NC(CC(C)C)C(=O)N1CC1CCN(C)CC1. The number of amides is 1. The fourth-order valence-corrected chi connectivity index (χ4v) is 3.64. The van der Waals surface area contributed by atoms with Crippen molar-refractivity contribution < 1.29 is 4.79 Å². The molecule has 0 aromatic heterocycles. The molecule has 0 aromatic rings. The number of hydrogen-bond donors (Lipinski definition) is 1. The van der Waals surface area contributed by atoms with Gasteiger partial charge in [-0.25, -0.2) is 0 Å². The van der Waals surface area contributed by atoms with Gasteiger partial charge in [-0.2, -0.15) is 0 Å². The minimum atomic E-state index is 0.0489. The zero-order valence-corrected chi connectivity index (χ0v) is 14.3. The molecule has 2 rings (SSSR count). The Morgan fingerprint density at radius 1 is 1.29 bits per heavy atom. The second-order valence-corrected chi connectivity index (χ2v) is 7.39. The molecule has 1 amide bonds. The third-order valence-electron chi connectivity index (χ3n) is 4.91. The fraction of sp³-hybridized carbons (Fsp3) is 0.941. The number of piperidine rings is 1. The van der Waals surface area contributed by atoms with Crippen molar-refractivity contribution in [2.24, 2.45) is 11.8 Å². The Balaban J connectivity index is 1.95. The maximum absolute atomic E-state index is 12.7. The lowest BCUT2D eigenvalue weighted by atomic mass is 9.96. The van der Waals surface area contributed by atoms with Crippen LogP contribution >= 0.6 is 0 Å². The third kappa shape index (κ3) is 4.43. The Morgan fingerprint density at radius 3 is 2.52 bits per heavy atom. The molecule has 21 heavy (non-hydrogen) atoms. The molecule has 4 heteroatoms. The molecule has 2 heterocycles. The minimum Gasteiger partial charge on any atom is -0.326 e. The van der Waals surface area contributed by atoms with Gasteiger partial charge in [-0.3, -0.25) is 10.1 Å². The summed E-state index contributed by atoms with van der Waals surface area (Å²) in [5.74, 6) is 1.60. The zero-order chi connectivity index (χ0) is 15.4. The van der Waals surface area contributed by atoms with Crippen molar-refractivity contribution in [1.82, 2.24) is 15.1 Å². The molecule has 0 bridgehead atoms. The normalized spacial score (nSPS) is 28.8. The molecule has 2 saturated heterocycles. The van der Waals surface area contributed by atoms with Crippen LogP contribution in [0, 0.1) is 11.8 Å². The van der Waals surface area contributed by atoms with Gasteiger partial charge in [0.1, 0.15) is 0 Å². The molecule has 2 atom stereocenters. The number of likely N-dealkylation sites (tertiary alicyclic amines) is 1. The van der Waals surface area contributed by atoms with Gasteiger partial charge in [0.05, 0.1) is 12.2 Å². The van der Waals surface area contributed by atoms with E-state index in [4.69, 9.17) is 0 Å². The molecule has 0 radical (unpaired) electrons. The van der Waals surface area contributed by atoms with Crippen LogP contribution in [0.4, 0.5) is 0 Å². The quantitative estimate of drug-likeness (QED) is 0.817. The zero-order valence-electron chi connectivity index (χ0n) is 14.3. The fourth-order valence-electron chi connectivity index (χ4n) is 3.64. The Hall–Kier alpha value is -0.610. The van der Waals surface area contributed by atoms with E-state index >= 15 is 0 Å². The molecule has 2 aliphatic rings. The van der Waals surface area contributed by atoms with Gasteiger partial charge in [0.15, 0.2) is 0 Å². The van der Waals surface area contributed by atoms with Crippen LogP contribution < -0.4 is 5.32 Å². The number of rotatable bonds is 6. The average Bonchev–Trinajstić information content (AvgIpc) is 2.70. The molecular formula is C17H33N3O. The molecule has 122 valence electrons. The van der Waals surface area contributed by atoms with Gasteiger partial charge in [0, 0.05) is 6.54 Å². The average molecular weight is 295 g/mol. The van der Waals surface area contributed by atoms with Crippen LogP contribution in [0.3, 0.4) is 0 Å². The van der Waals surface area contributed by atoms with E-state index in [0.29, 0.717) is 17.7 Å². The highest BCUT2D eigenvalue weighted by Gasteiger charge is 2.39. The standard InChI is InChI=1S/C17H33N3O/c1-5-6-16-18-15(11-13(2)3)17(21)20(16)12-14-7-9-19(4)10-8-14/h13-16,18H,5-12H2,1-4H3. The Kier molecular flexibility index (Phi) is 6.06. The summed E-state index contributed by atoms with van der Waals surface area (Å²) in [6.45, 7) is 9.91. The third-order valence-corrected chi connectivity index (χ3v) is 4.91. The van der Waals surface area contributed by atoms with Crippen molar-refractivity contribution in [2.45, 2.75) is 65.1 Å². The van der Waals surface area contributed by atoms with Crippen molar-refractivity contribution in [3.63, 3.8) is 0 Å². The lowest BCUT2D eigenvalue weighted by Gasteiger charge is -2.33. The predicted molar refractivity (Wildman–Crippen MR) is 87.0 cm³/mol. The number of nitrogens with one attached hydrogen (secondary N) is 1. The first-order valence-electron chi connectivity index (χ1n) is 8.76.